The number of hydrogen-bond acceptors (Lipinski definition) is 2. The maximum absolute atomic E-state index is 12.5. The number of hydrogen-bond donors (Lipinski definition) is 1. The minimum atomic E-state index is -0.167. The molecule has 4 heteroatoms. The number of ether oxygens (including phenoxy) is 1. The summed E-state index contributed by atoms with van der Waals surface area (Å²) in [5.74, 6) is 1.58. The van der Waals surface area contributed by atoms with Crippen molar-refractivity contribution in [2.45, 2.75) is 43.4 Å². The molecule has 0 saturated heterocycles. The molecule has 0 heterocycles. The van der Waals surface area contributed by atoms with E-state index in [1.807, 2.05) is 0 Å². The molecular weight excluding hydrogens is 250 g/mol. The van der Waals surface area contributed by atoms with Crippen molar-refractivity contribution < 1.29 is 9.53 Å². The van der Waals surface area contributed by atoms with Gasteiger partial charge in [0.25, 0.3) is 0 Å². The Kier molecular flexibility index (Phi) is 3.10. The SMILES string of the molecule is COCCNC(=O)C12C[C@H]3C[C@@H](CC(Cl)(C3)C1)C2. The highest BCUT2D eigenvalue weighted by Crippen LogP contribution is 2.63. The Morgan fingerprint density at radius 1 is 1.33 bits per heavy atom. The number of alkyl halides is 1. The highest BCUT2D eigenvalue weighted by Gasteiger charge is 2.59. The molecule has 102 valence electrons. The van der Waals surface area contributed by atoms with Crippen LogP contribution in [0.4, 0.5) is 0 Å². The first-order valence-corrected chi connectivity index (χ1v) is 7.39. The minimum Gasteiger partial charge on any atom is -0.383 e. The molecule has 0 aromatic rings. The summed E-state index contributed by atoms with van der Waals surface area (Å²) in [5.41, 5.74) is -0.167. The third-order valence-electron chi connectivity index (χ3n) is 5.06. The number of methoxy groups -OCH3 is 1. The fourth-order valence-corrected chi connectivity index (χ4v) is 5.56. The summed E-state index contributed by atoms with van der Waals surface area (Å²) in [6.45, 7) is 1.20. The van der Waals surface area contributed by atoms with Gasteiger partial charge in [0.1, 0.15) is 0 Å². The van der Waals surface area contributed by atoms with Crippen LogP contribution in [0.1, 0.15) is 38.5 Å². The minimum absolute atomic E-state index is 0.0807. The second kappa shape index (κ2) is 4.38. The molecule has 0 spiro atoms. The van der Waals surface area contributed by atoms with Crippen LogP contribution in [-0.2, 0) is 9.53 Å². The molecule has 4 aliphatic carbocycles. The fourth-order valence-electron chi connectivity index (χ4n) is 4.87. The van der Waals surface area contributed by atoms with Crippen molar-refractivity contribution in [3.8, 4) is 0 Å². The number of amides is 1. The lowest BCUT2D eigenvalue weighted by Gasteiger charge is -2.59. The lowest BCUT2D eigenvalue weighted by Crippen LogP contribution is -2.58. The van der Waals surface area contributed by atoms with Gasteiger partial charge in [-0.2, -0.15) is 0 Å². The zero-order valence-electron chi connectivity index (χ0n) is 11.0. The van der Waals surface area contributed by atoms with Crippen LogP contribution in [0, 0.1) is 17.3 Å². The van der Waals surface area contributed by atoms with Crippen LogP contribution in [0.15, 0.2) is 0 Å². The van der Waals surface area contributed by atoms with E-state index in [2.05, 4.69) is 5.32 Å². The monoisotopic (exact) mass is 271 g/mol. The highest BCUT2D eigenvalue weighted by molar-refractivity contribution is 6.24. The van der Waals surface area contributed by atoms with Crippen LogP contribution in [-0.4, -0.2) is 31.0 Å². The summed E-state index contributed by atoms with van der Waals surface area (Å²) in [6, 6.07) is 0. The van der Waals surface area contributed by atoms with E-state index in [4.69, 9.17) is 16.3 Å². The highest BCUT2D eigenvalue weighted by atomic mass is 35.5. The van der Waals surface area contributed by atoms with Gasteiger partial charge in [-0.05, 0) is 50.4 Å². The second-order valence-electron chi connectivity index (χ2n) is 6.64. The first kappa shape index (κ1) is 12.7. The molecule has 0 aromatic carbocycles. The van der Waals surface area contributed by atoms with E-state index in [1.54, 1.807) is 7.11 Å². The van der Waals surface area contributed by atoms with Gasteiger partial charge in [0.05, 0.1) is 12.0 Å². The largest absolute Gasteiger partial charge is 0.383 e. The predicted octanol–water partition coefficient (Wildman–Crippen LogP) is 2.33. The molecule has 4 fully saturated rings. The molecule has 1 N–H and O–H groups in total. The molecule has 18 heavy (non-hydrogen) atoms. The van der Waals surface area contributed by atoms with Gasteiger partial charge in [0.15, 0.2) is 0 Å². The van der Waals surface area contributed by atoms with Crippen molar-refractivity contribution in [1.82, 2.24) is 5.32 Å². The van der Waals surface area contributed by atoms with E-state index >= 15 is 0 Å². The first-order chi connectivity index (χ1) is 8.55. The summed E-state index contributed by atoms with van der Waals surface area (Å²) in [5, 5.41) is 3.04. The summed E-state index contributed by atoms with van der Waals surface area (Å²) in [4.78, 5) is 12.4. The molecule has 0 aromatic heterocycles. The van der Waals surface area contributed by atoms with Crippen LogP contribution in [0.2, 0.25) is 0 Å². The van der Waals surface area contributed by atoms with Crippen molar-refractivity contribution in [2.24, 2.45) is 17.3 Å². The van der Waals surface area contributed by atoms with E-state index < -0.39 is 0 Å². The molecule has 0 aliphatic heterocycles. The van der Waals surface area contributed by atoms with Crippen LogP contribution in [0.25, 0.3) is 0 Å². The van der Waals surface area contributed by atoms with Gasteiger partial charge >= 0.3 is 0 Å². The average molecular weight is 272 g/mol. The quantitative estimate of drug-likeness (QED) is 0.630. The summed E-state index contributed by atoms with van der Waals surface area (Å²) in [7, 11) is 1.66. The molecule has 3 nitrogen and oxygen atoms in total. The first-order valence-electron chi connectivity index (χ1n) is 7.01. The Morgan fingerprint density at radius 2 is 2.00 bits per heavy atom. The van der Waals surface area contributed by atoms with E-state index in [-0.39, 0.29) is 16.2 Å². The van der Waals surface area contributed by atoms with Gasteiger partial charge in [0, 0.05) is 18.5 Å². The Morgan fingerprint density at radius 3 is 2.56 bits per heavy atom. The maximum Gasteiger partial charge on any atom is 0.226 e. The van der Waals surface area contributed by atoms with E-state index in [0.717, 1.165) is 32.1 Å². The van der Waals surface area contributed by atoms with Crippen LogP contribution in [0.3, 0.4) is 0 Å². The van der Waals surface area contributed by atoms with Crippen molar-refractivity contribution in [3.63, 3.8) is 0 Å². The summed E-state index contributed by atoms with van der Waals surface area (Å²) < 4.78 is 4.99. The summed E-state index contributed by atoms with van der Waals surface area (Å²) >= 11 is 6.72. The number of nitrogens with one attached hydrogen (secondary N) is 1. The number of rotatable bonds is 4. The third kappa shape index (κ3) is 2.05. The zero-order valence-corrected chi connectivity index (χ0v) is 11.8. The van der Waals surface area contributed by atoms with Crippen LogP contribution < -0.4 is 5.32 Å². The molecule has 4 rings (SSSR count). The Hall–Kier alpha value is -0.280. The van der Waals surface area contributed by atoms with E-state index in [9.17, 15) is 4.79 Å². The second-order valence-corrected chi connectivity index (χ2v) is 7.44. The third-order valence-corrected chi connectivity index (χ3v) is 5.51. The smallest absolute Gasteiger partial charge is 0.226 e. The Labute approximate surface area is 114 Å². The average Bonchev–Trinajstić information content (AvgIpc) is 2.25. The standard InChI is InChI=1S/C14H22ClNO2/c1-18-3-2-16-12(17)13-5-10-4-11(6-13)8-14(15,7-10)9-13/h10-11H,2-9H2,1H3,(H,16,17)/t10-,11-,13?,14?/m1/s1. The molecule has 2 atom stereocenters. The molecule has 0 radical (unpaired) electrons. The molecule has 1 amide bonds. The molecule has 4 bridgehead atoms. The predicted molar refractivity (Wildman–Crippen MR) is 70.6 cm³/mol. The van der Waals surface area contributed by atoms with Crippen molar-refractivity contribution in [1.29, 1.82) is 0 Å². The molecule has 0 unspecified atom stereocenters. The van der Waals surface area contributed by atoms with Gasteiger partial charge < -0.3 is 10.1 Å². The van der Waals surface area contributed by atoms with Gasteiger partial charge in [-0.25, -0.2) is 0 Å². The van der Waals surface area contributed by atoms with Crippen LogP contribution >= 0.6 is 11.6 Å². The normalized spacial score (nSPS) is 45.2. The Balaban J connectivity index is 1.72. The van der Waals surface area contributed by atoms with E-state index in [0.29, 0.717) is 25.0 Å². The topological polar surface area (TPSA) is 38.3 Å². The zero-order chi connectivity index (χ0) is 12.8. The van der Waals surface area contributed by atoms with Crippen molar-refractivity contribution >= 4 is 17.5 Å². The van der Waals surface area contributed by atoms with Gasteiger partial charge in [-0.3, -0.25) is 4.79 Å². The lowest BCUT2D eigenvalue weighted by atomic mass is 9.49. The Bertz CT molecular complexity index is 344. The maximum atomic E-state index is 12.5. The van der Waals surface area contributed by atoms with E-state index in [1.165, 1.54) is 6.42 Å². The van der Waals surface area contributed by atoms with Gasteiger partial charge in [-0.15, -0.1) is 11.6 Å². The van der Waals surface area contributed by atoms with Gasteiger partial charge in [-0.1, -0.05) is 0 Å². The van der Waals surface area contributed by atoms with Crippen molar-refractivity contribution in [3.05, 3.63) is 0 Å². The van der Waals surface area contributed by atoms with Gasteiger partial charge in [0.2, 0.25) is 5.91 Å². The molecular formula is C14H22ClNO2. The van der Waals surface area contributed by atoms with Crippen LogP contribution in [0.5, 0.6) is 0 Å². The number of carbonyl (C=O) groups excluding carboxylic acids is 1. The molecule has 4 aliphatic rings. The van der Waals surface area contributed by atoms with Crippen molar-refractivity contribution in [2.75, 3.05) is 20.3 Å². The fraction of sp³-hybridized carbons (Fsp3) is 0.929. The number of carbonyl (C=O) groups is 1. The number of halogens is 1. The molecule has 4 saturated carbocycles. The summed E-state index contributed by atoms with van der Waals surface area (Å²) in [6.07, 6.45) is 6.53. The lowest BCUT2D eigenvalue weighted by molar-refractivity contribution is -0.144.